The van der Waals surface area contributed by atoms with Gasteiger partial charge in [0.2, 0.25) is 0 Å². The van der Waals surface area contributed by atoms with E-state index in [0.29, 0.717) is 17.9 Å². The van der Waals surface area contributed by atoms with Gasteiger partial charge < -0.3 is 16.8 Å². The number of aromatic nitrogens is 1. The lowest BCUT2D eigenvalue weighted by molar-refractivity contribution is 0.100. The number of anilines is 1. The number of primary amides is 1. The number of nitrogens with one attached hydrogen (secondary N) is 1. The van der Waals surface area contributed by atoms with Gasteiger partial charge in [-0.1, -0.05) is 13.3 Å². The van der Waals surface area contributed by atoms with Gasteiger partial charge in [0.15, 0.2) is 0 Å². The molecule has 5 heteroatoms. The number of hydrogen-bond acceptors (Lipinski definition) is 4. The van der Waals surface area contributed by atoms with Crippen LogP contribution in [0.1, 0.15) is 30.1 Å². The fraction of sp³-hybridized carbons (Fsp3) is 0.455. The SMILES string of the molecule is CCCC(CN)Nc1ncccc1C(N)=O. The number of carbonyl (C=O) groups is 1. The lowest BCUT2D eigenvalue weighted by atomic mass is 10.1. The first-order chi connectivity index (χ1) is 7.69. The summed E-state index contributed by atoms with van der Waals surface area (Å²) >= 11 is 0. The molecule has 0 aliphatic carbocycles. The van der Waals surface area contributed by atoms with E-state index in [2.05, 4.69) is 17.2 Å². The highest BCUT2D eigenvalue weighted by Gasteiger charge is 2.12. The number of amides is 1. The highest BCUT2D eigenvalue weighted by Crippen LogP contribution is 2.13. The van der Waals surface area contributed by atoms with Crippen LogP contribution in [0.25, 0.3) is 0 Å². The minimum atomic E-state index is -0.483. The van der Waals surface area contributed by atoms with E-state index in [1.807, 2.05) is 0 Å². The van der Waals surface area contributed by atoms with Crippen molar-refractivity contribution in [1.82, 2.24) is 4.98 Å². The summed E-state index contributed by atoms with van der Waals surface area (Å²) in [5.41, 5.74) is 11.3. The lowest BCUT2D eigenvalue weighted by Crippen LogP contribution is -2.30. The van der Waals surface area contributed by atoms with Crippen molar-refractivity contribution in [3.63, 3.8) is 0 Å². The Balaban J connectivity index is 2.82. The fourth-order valence-corrected chi connectivity index (χ4v) is 1.51. The third-order valence-corrected chi connectivity index (χ3v) is 2.34. The van der Waals surface area contributed by atoms with Gasteiger partial charge in [0, 0.05) is 18.8 Å². The summed E-state index contributed by atoms with van der Waals surface area (Å²) in [6, 6.07) is 3.46. The van der Waals surface area contributed by atoms with Crippen molar-refractivity contribution in [2.45, 2.75) is 25.8 Å². The molecule has 0 aliphatic rings. The molecule has 1 atom stereocenters. The van der Waals surface area contributed by atoms with E-state index in [4.69, 9.17) is 11.5 Å². The zero-order valence-electron chi connectivity index (χ0n) is 9.44. The van der Waals surface area contributed by atoms with Crippen LogP contribution in [0.4, 0.5) is 5.82 Å². The second-order valence-corrected chi connectivity index (χ2v) is 3.63. The van der Waals surface area contributed by atoms with Crippen LogP contribution in [-0.2, 0) is 0 Å². The second kappa shape index (κ2) is 6.07. The summed E-state index contributed by atoms with van der Waals surface area (Å²) in [4.78, 5) is 15.3. The Morgan fingerprint density at radius 2 is 2.38 bits per heavy atom. The summed E-state index contributed by atoms with van der Waals surface area (Å²) in [6.45, 7) is 2.58. The number of rotatable bonds is 6. The molecule has 0 bridgehead atoms. The van der Waals surface area contributed by atoms with Crippen molar-refractivity contribution < 1.29 is 4.79 Å². The molecule has 16 heavy (non-hydrogen) atoms. The van der Waals surface area contributed by atoms with E-state index in [-0.39, 0.29) is 6.04 Å². The predicted molar refractivity (Wildman–Crippen MR) is 64.1 cm³/mol. The summed E-state index contributed by atoms with van der Waals surface area (Å²) in [5, 5.41) is 3.14. The Hall–Kier alpha value is -1.62. The highest BCUT2D eigenvalue weighted by molar-refractivity contribution is 5.97. The van der Waals surface area contributed by atoms with Gasteiger partial charge in [-0.05, 0) is 18.6 Å². The minimum absolute atomic E-state index is 0.123. The molecule has 5 N–H and O–H groups in total. The Morgan fingerprint density at radius 3 is 2.94 bits per heavy atom. The van der Waals surface area contributed by atoms with Gasteiger partial charge in [0.25, 0.3) is 5.91 Å². The predicted octanol–water partition coefficient (Wildman–Crippen LogP) is 0.720. The number of nitrogens with two attached hydrogens (primary N) is 2. The van der Waals surface area contributed by atoms with Crippen LogP contribution in [0, 0.1) is 0 Å². The van der Waals surface area contributed by atoms with E-state index >= 15 is 0 Å². The van der Waals surface area contributed by atoms with Crippen LogP contribution in [-0.4, -0.2) is 23.5 Å². The normalized spacial score (nSPS) is 12.1. The van der Waals surface area contributed by atoms with Gasteiger partial charge in [-0.3, -0.25) is 4.79 Å². The van der Waals surface area contributed by atoms with E-state index < -0.39 is 5.91 Å². The maximum absolute atomic E-state index is 11.2. The van der Waals surface area contributed by atoms with Gasteiger partial charge in [-0.15, -0.1) is 0 Å². The molecular weight excluding hydrogens is 204 g/mol. The van der Waals surface area contributed by atoms with Gasteiger partial charge in [0.05, 0.1) is 5.56 Å². The lowest BCUT2D eigenvalue weighted by Gasteiger charge is -2.17. The monoisotopic (exact) mass is 222 g/mol. The van der Waals surface area contributed by atoms with Crippen molar-refractivity contribution in [1.29, 1.82) is 0 Å². The molecular formula is C11H18N4O. The Labute approximate surface area is 95.2 Å². The molecule has 1 heterocycles. The van der Waals surface area contributed by atoms with E-state index in [1.54, 1.807) is 18.3 Å². The Kier molecular flexibility index (Phi) is 4.72. The molecule has 88 valence electrons. The van der Waals surface area contributed by atoms with Crippen molar-refractivity contribution in [2.24, 2.45) is 11.5 Å². The fourth-order valence-electron chi connectivity index (χ4n) is 1.51. The molecule has 1 rings (SSSR count). The first-order valence-electron chi connectivity index (χ1n) is 5.40. The molecule has 0 spiro atoms. The molecule has 0 saturated heterocycles. The average molecular weight is 222 g/mol. The summed E-state index contributed by atoms with van der Waals surface area (Å²) in [7, 11) is 0. The van der Waals surface area contributed by atoms with Gasteiger partial charge in [-0.25, -0.2) is 4.98 Å². The first kappa shape index (κ1) is 12.4. The van der Waals surface area contributed by atoms with Crippen LogP contribution in [0.5, 0.6) is 0 Å². The van der Waals surface area contributed by atoms with Crippen molar-refractivity contribution in [2.75, 3.05) is 11.9 Å². The molecule has 1 aromatic rings. The zero-order valence-corrected chi connectivity index (χ0v) is 9.44. The third-order valence-electron chi connectivity index (χ3n) is 2.34. The van der Waals surface area contributed by atoms with Gasteiger partial charge >= 0.3 is 0 Å². The van der Waals surface area contributed by atoms with Crippen molar-refractivity contribution in [3.05, 3.63) is 23.9 Å². The molecule has 1 aromatic heterocycles. The summed E-state index contributed by atoms with van der Waals surface area (Å²) < 4.78 is 0. The first-order valence-corrected chi connectivity index (χ1v) is 5.40. The topological polar surface area (TPSA) is 94.0 Å². The second-order valence-electron chi connectivity index (χ2n) is 3.63. The molecule has 1 unspecified atom stereocenters. The van der Waals surface area contributed by atoms with E-state index in [1.165, 1.54) is 0 Å². The average Bonchev–Trinajstić information content (AvgIpc) is 2.29. The van der Waals surface area contributed by atoms with Crippen LogP contribution < -0.4 is 16.8 Å². The molecule has 0 radical (unpaired) electrons. The number of pyridine rings is 1. The van der Waals surface area contributed by atoms with E-state index in [9.17, 15) is 4.79 Å². The summed E-state index contributed by atoms with van der Waals surface area (Å²) in [5.74, 6) is 0.0294. The largest absolute Gasteiger partial charge is 0.365 e. The molecule has 0 aliphatic heterocycles. The highest BCUT2D eigenvalue weighted by atomic mass is 16.1. The molecule has 1 amide bonds. The maximum Gasteiger partial charge on any atom is 0.252 e. The number of hydrogen-bond donors (Lipinski definition) is 3. The quantitative estimate of drug-likeness (QED) is 0.661. The third kappa shape index (κ3) is 3.20. The Bertz CT molecular complexity index is 354. The van der Waals surface area contributed by atoms with Crippen molar-refractivity contribution in [3.8, 4) is 0 Å². The van der Waals surface area contributed by atoms with Crippen LogP contribution >= 0.6 is 0 Å². The summed E-state index contributed by atoms with van der Waals surface area (Å²) in [6.07, 6.45) is 3.58. The van der Waals surface area contributed by atoms with Gasteiger partial charge in [-0.2, -0.15) is 0 Å². The molecule has 0 fully saturated rings. The molecule has 5 nitrogen and oxygen atoms in total. The molecule has 0 aromatic carbocycles. The van der Waals surface area contributed by atoms with Gasteiger partial charge in [0.1, 0.15) is 5.82 Å². The van der Waals surface area contributed by atoms with Crippen LogP contribution in [0.3, 0.4) is 0 Å². The number of carbonyl (C=O) groups excluding carboxylic acids is 1. The van der Waals surface area contributed by atoms with E-state index in [0.717, 1.165) is 12.8 Å². The minimum Gasteiger partial charge on any atom is -0.365 e. The zero-order chi connectivity index (χ0) is 12.0. The van der Waals surface area contributed by atoms with Crippen LogP contribution in [0.15, 0.2) is 18.3 Å². The standard InChI is InChI=1S/C11H18N4O/c1-2-4-8(7-12)15-11-9(10(13)16)5-3-6-14-11/h3,5-6,8H,2,4,7,12H2,1H3,(H2,13,16)(H,14,15). The Morgan fingerprint density at radius 1 is 1.62 bits per heavy atom. The van der Waals surface area contributed by atoms with Crippen LogP contribution in [0.2, 0.25) is 0 Å². The number of nitrogens with zero attached hydrogens (tertiary/aromatic N) is 1. The maximum atomic E-state index is 11.2. The molecule has 0 saturated carbocycles. The smallest absolute Gasteiger partial charge is 0.252 e. The van der Waals surface area contributed by atoms with Crippen molar-refractivity contribution >= 4 is 11.7 Å².